The van der Waals surface area contributed by atoms with Gasteiger partial charge in [0, 0.05) is 38.9 Å². The van der Waals surface area contributed by atoms with Gasteiger partial charge in [-0.1, -0.05) is 59.3 Å². The number of hydrogen-bond donors (Lipinski definition) is 0. The van der Waals surface area contributed by atoms with E-state index >= 15 is 0 Å². The van der Waals surface area contributed by atoms with E-state index < -0.39 is 16.6 Å². The van der Waals surface area contributed by atoms with E-state index in [1.807, 2.05) is 0 Å². The van der Waals surface area contributed by atoms with Crippen molar-refractivity contribution in [3.63, 3.8) is 0 Å². The van der Waals surface area contributed by atoms with Gasteiger partial charge < -0.3 is 8.85 Å². The molecule has 0 saturated heterocycles. The van der Waals surface area contributed by atoms with Gasteiger partial charge in [0.15, 0.2) is 16.6 Å². The number of carbonyl (C=O) groups excluding carboxylic acids is 1. The van der Waals surface area contributed by atoms with Crippen LogP contribution >= 0.6 is 0 Å². The molecule has 0 aromatic rings. The fourth-order valence-corrected chi connectivity index (χ4v) is 4.07. The molecule has 0 amide bonds. The normalized spacial score (nSPS) is 11.6. The molecule has 0 aliphatic carbocycles. The Hall–Kier alpha value is -1.74. The zero-order valence-electron chi connectivity index (χ0n) is 22.7. The fraction of sp³-hybridized carbons (Fsp3) is 0.679. The van der Waals surface area contributed by atoms with E-state index in [1.54, 1.807) is 0 Å². The van der Waals surface area contributed by atoms with Crippen molar-refractivity contribution >= 4 is 22.4 Å². The van der Waals surface area contributed by atoms with Crippen molar-refractivity contribution in [1.82, 2.24) is 0 Å². The summed E-state index contributed by atoms with van der Waals surface area (Å²) >= 11 is 0. The second-order valence-electron chi connectivity index (χ2n) is 11.1. The molecule has 33 heavy (non-hydrogen) atoms. The van der Waals surface area contributed by atoms with Crippen LogP contribution in [0.4, 0.5) is 0 Å². The molecular weight excluding hydrogens is 440 g/mol. The maximum Gasteiger partial charge on any atom is 0.207 e. The Morgan fingerprint density at radius 1 is 0.667 bits per heavy atom. The van der Waals surface area contributed by atoms with Crippen molar-refractivity contribution in [2.75, 3.05) is 13.2 Å². The molecule has 0 spiro atoms. The first-order valence-corrected chi connectivity index (χ1v) is 17.7. The van der Waals surface area contributed by atoms with Crippen molar-refractivity contribution in [2.45, 2.75) is 110 Å². The molecule has 0 bridgehead atoms. The Kier molecular flexibility index (Phi) is 13.7. The molecule has 0 radical (unpaired) electrons. The minimum absolute atomic E-state index is 0.143. The highest BCUT2D eigenvalue weighted by Crippen LogP contribution is 2.37. The van der Waals surface area contributed by atoms with Gasteiger partial charge in [0.2, 0.25) is 5.78 Å². The van der Waals surface area contributed by atoms with Crippen LogP contribution in [-0.4, -0.2) is 35.6 Å². The summed E-state index contributed by atoms with van der Waals surface area (Å²) in [7, 11) is -3.38. The van der Waals surface area contributed by atoms with Crippen molar-refractivity contribution in [1.29, 1.82) is 0 Å². The Labute approximate surface area is 206 Å². The van der Waals surface area contributed by atoms with Gasteiger partial charge in [-0.15, -0.1) is 0 Å². The third kappa shape index (κ3) is 14.2. The average molecular weight is 485 g/mol. The molecule has 0 heterocycles. The lowest BCUT2D eigenvalue weighted by atomic mass is 10.2. The number of carbonyl (C=O) groups is 1. The van der Waals surface area contributed by atoms with Crippen LogP contribution in [-0.2, 0) is 13.6 Å². The van der Waals surface area contributed by atoms with Gasteiger partial charge in [0.25, 0.3) is 0 Å². The van der Waals surface area contributed by atoms with E-state index in [0.29, 0.717) is 25.9 Å². The number of Topliss-reactive ketones (excluding diaryl/α,β-unsaturated/α-hetero) is 1. The first-order valence-electron chi connectivity index (χ1n) is 11.9. The highest BCUT2D eigenvalue weighted by molar-refractivity contribution is 6.74. The second kappa shape index (κ2) is 14.5. The summed E-state index contributed by atoms with van der Waals surface area (Å²) in [5.74, 6) is 22.3. The smallest absolute Gasteiger partial charge is 0.207 e. The van der Waals surface area contributed by atoms with Crippen LogP contribution in [0.15, 0.2) is 0 Å². The van der Waals surface area contributed by atoms with Crippen LogP contribution in [0.2, 0.25) is 36.3 Å². The average Bonchev–Trinajstić information content (AvgIpc) is 2.66. The predicted molar refractivity (Wildman–Crippen MR) is 145 cm³/mol. The molecule has 182 valence electrons. The SMILES string of the molecule is CC(C)(C)[Si](C)(C)OCCC#CC#CCCC(=O)C#CC#CCCCO[Si](C)(C)C(C)(C)C. The number of unbranched alkanes of at least 4 members (excludes halogenated alkanes) is 1. The van der Waals surface area contributed by atoms with Crippen molar-refractivity contribution in [3.8, 4) is 47.4 Å². The minimum Gasteiger partial charge on any atom is -0.417 e. The standard InChI is InChI=1S/C28H44O3Si2/c1-27(2,3)32(7,8)30-24-20-16-12-11-14-18-22-26(29)23-19-15-13-17-21-25-31-33(9,10)28(4,5)6/h17-18,20-22,24-25H2,1-10H3. The van der Waals surface area contributed by atoms with Crippen LogP contribution in [0, 0.1) is 47.4 Å². The topological polar surface area (TPSA) is 35.5 Å². The zero-order chi connectivity index (χ0) is 25.6. The number of ketones is 1. The van der Waals surface area contributed by atoms with Gasteiger partial charge in [0.05, 0.1) is 0 Å². The quantitative estimate of drug-likeness (QED) is 0.161. The summed E-state index contributed by atoms with van der Waals surface area (Å²) in [6, 6.07) is 0. The third-order valence-electron chi connectivity index (χ3n) is 6.28. The summed E-state index contributed by atoms with van der Waals surface area (Å²) in [5, 5.41) is 0.432. The molecule has 3 nitrogen and oxygen atoms in total. The highest BCUT2D eigenvalue weighted by atomic mass is 28.4. The van der Waals surface area contributed by atoms with Gasteiger partial charge in [-0.3, -0.25) is 4.79 Å². The van der Waals surface area contributed by atoms with Crippen LogP contribution in [0.25, 0.3) is 0 Å². The van der Waals surface area contributed by atoms with Crippen LogP contribution in [0.5, 0.6) is 0 Å². The van der Waals surface area contributed by atoms with E-state index in [9.17, 15) is 4.79 Å². The Balaban J connectivity index is 4.08. The molecule has 0 aromatic carbocycles. The molecule has 0 unspecified atom stereocenters. The maximum absolute atomic E-state index is 11.8. The van der Waals surface area contributed by atoms with E-state index in [4.69, 9.17) is 8.85 Å². The fourth-order valence-electron chi connectivity index (χ4n) is 1.94. The van der Waals surface area contributed by atoms with E-state index in [1.165, 1.54) is 0 Å². The lowest BCUT2D eigenvalue weighted by Gasteiger charge is -2.36. The second-order valence-corrected chi connectivity index (χ2v) is 20.8. The third-order valence-corrected chi connectivity index (χ3v) is 15.4. The molecule has 0 atom stereocenters. The van der Waals surface area contributed by atoms with Gasteiger partial charge >= 0.3 is 0 Å². The summed E-state index contributed by atoms with van der Waals surface area (Å²) in [6.45, 7) is 23.7. The molecule has 0 fully saturated rings. The Bertz CT molecular complexity index is 871. The van der Waals surface area contributed by atoms with E-state index in [0.717, 1.165) is 19.4 Å². The van der Waals surface area contributed by atoms with Gasteiger partial charge in [-0.05, 0) is 72.3 Å². The maximum atomic E-state index is 11.8. The van der Waals surface area contributed by atoms with Gasteiger partial charge in [-0.2, -0.15) is 0 Å². The van der Waals surface area contributed by atoms with Gasteiger partial charge in [-0.25, -0.2) is 0 Å². The summed E-state index contributed by atoms with van der Waals surface area (Å²) in [5.41, 5.74) is 0. The summed E-state index contributed by atoms with van der Waals surface area (Å²) in [6.07, 6.45) is 3.04. The molecule has 5 heteroatoms. The molecule has 0 aliphatic heterocycles. The van der Waals surface area contributed by atoms with Crippen LogP contribution in [0.1, 0.15) is 73.6 Å². The molecule has 0 aromatic heterocycles. The lowest BCUT2D eigenvalue weighted by molar-refractivity contribution is -0.113. The predicted octanol–water partition coefficient (Wildman–Crippen LogP) is 6.56. The number of rotatable bonds is 9. The van der Waals surface area contributed by atoms with Gasteiger partial charge in [0.1, 0.15) is 0 Å². The monoisotopic (exact) mass is 484 g/mol. The molecule has 0 saturated carbocycles. The van der Waals surface area contributed by atoms with Crippen molar-refractivity contribution in [3.05, 3.63) is 0 Å². The van der Waals surface area contributed by atoms with Crippen molar-refractivity contribution in [2.24, 2.45) is 0 Å². The first kappa shape index (κ1) is 31.3. The van der Waals surface area contributed by atoms with E-state index in [-0.39, 0.29) is 15.9 Å². The zero-order valence-corrected chi connectivity index (χ0v) is 24.7. The minimum atomic E-state index is -1.70. The van der Waals surface area contributed by atoms with E-state index in [2.05, 4.69) is 115 Å². The summed E-state index contributed by atoms with van der Waals surface area (Å²) in [4.78, 5) is 11.8. The largest absolute Gasteiger partial charge is 0.417 e. The molecule has 0 N–H and O–H groups in total. The Morgan fingerprint density at radius 2 is 1.12 bits per heavy atom. The molecule has 0 aliphatic rings. The lowest BCUT2D eigenvalue weighted by Crippen LogP contribution is -2.40. The van der Waals surface area contributed by atoms with Crippen LogP contribution < -0.4 is 0 Å². The first-order chi connectivity index (χ1) is 15.1. The van der Waals surface area contributed by atoms with Crippen LogP contribution in [0.3, 0.4) is 0 Å². The molecular formula is C28H44O3Si2. The highest BCUT2D eigenvalue weighted by Gasteiger charge is 2.37. The van der Waals surface area contributed by atoms with Crippen molar-refractivity contribution < 1.29 is 13.6 Å². The Morgan fingerprint density at radius 3 is 1.67 bits per heavy atom. The summed E-state index contributed by atoms with van der Waals surface area (Å²) < 4.78 is 12.2. The molecule has 0 rings (SSSR count). The number of hydrogen-bond acceptors (Lipinski definition) is 3.